The van der Waals surface area contributed by atoms with E-state index in [2.05, 4.69) is 11.9 Å². The van der Waals surface area contributed by atoms with Crippen LogP contribution < -0.4 is 0 Å². The highest BCUT2D eigenvalue weighted by Crippen LogP contribution is 2.39. The second-order valence-corrected chi connectivity index (χ2v) is 6.44. The average molecular weight is 299 g/mol. The van der Waals surface area contributed by atoms with E-state index in [1.807, 2.05) is 11.5 Å². The smallest absolute Gasteiger partial charge is 0.153 e. The van der Waals surface area contributed by atoms with E-state index in [4.69, 9.17) is 11.6 Å². The van der Waals surface area contributed by atoms with Crippen molar-refractivity contribution in [1.29, 1.82) is 0 Å². The number of benzene rings is 1. The van der Waals surface area contributed by atoms with E-state index in [1.165, 1.54) is 6.07 Å². The molecule has 1 saturated carbocycles. The van der Waals surface area contributed by atoms with Crippen LogP contribution in [0.1, 0.15) is 50.4 Å². The standard InChI is InChI=1S/C15H17ClF2N2/c1-8-3-4-11(5-8)20-13-7-10(17)6-12(18)14(13)19-15(20)9(2)16/h6-9,11H,3-5H2,1-2H3. The largest absolute Gasteiger partial charge is 0.323 e. The summed E-state index contributed by atoms with van der Waals surface area (Å²) < 4.78 is 29.4. The van der Waals surface area contributed by atoms with Gasteiger partial charge in [0.25, 0.3) is 0 Å². The lowest BCUT2D eigenvalue weighted by Gasteiger charge is -2.17. The van der Waals surface area contributed by atoms with Crippen LogP contribution in [0.25, 0.3) is 11.0 Å². The van der Waals surface area contributed by atoms with Gasteiger partial charge in [0.05, 0.1) is 10.9 Å². The summed E-state index contributed by atoms with van der Waals surface area (Å²) in [5.74, 6) is 0.0546. The van der Waals surface area contributed by atoms with Gasteiger partial charge in [-0.15, -0.1) is 11.6 Å². The molecule has 0 amide bonds. The van der Waals surface area contributed by atoms with Crippen LogP contribution in [0.15, 0.2) is 12.1 Å². The number of halogens is 3. The van der Waals surface area contributed by atoms with Crippen molar-refractivity contribution in [1.82, 2.24) is 9.55 Å². The fourth-order valence-corrected chi connectivity index (χ4v) is 3.37. The predicted molar refractivity (Wildman–Crippen MR) is 76.0 cm³/mol. The molecule has 0 spiro atoms. The zero-order valence-corrected chi connectivity index (χ0v) is 12.3. The van der Waals surface area contributed by atoms with Crippen LogP contribution in [0.4, 0.5) is 8.78 Å². The molecule has 1 aliphatic carbocycles. The quantitative estimate of drug-likeness (QED) is 0.715. The molecule has 5 heteroatoms. The number of imidazole rings is 1. The number of hydrogen-bond donors (Lipinski definition) is 0. The minimum absolute atomic E-state index is 0.216. The summed E-state index contributed by atoms with van der Waals surface area (Å²) in [6, 6.07) is 2.46. The third kappa shape index (κ3) is 2.20. The first-order chi connectivity index (χ1) is 9.47. The Morgan fingerprint density at radius 1 is 1.35 bits per heavy atom. The fourth-order valence-electron chi connectivity index (χ4n) is 3.21. The summed E-state index contributed by atoms with van der Waals surface area (Å²) in [4.78, 5) is 4.31. The number of rotatable bonds is 2. The van der Waals surface area contributed by atoms with E-state index in [-0.39, 0.29) is 16.9 Å². The maximum absolute atomic E-state index is 13.9. The summed E-state index contributed by atoms with van der Waals surface area (Å²) in [5, 5.41) is -0.333. The molecular formula is C15H17ClF2N2. The molecule has 20 heavy (non-hydrogen) atoms. The van der Waals surface area contributed by atoms with Crippen LogP contribution in [-0.2, 0) is 0 Å². The Kier molecular flexibility index (Phi) is 3.44. The van der Waals surface area contributed by atoms with E-state index in [9.17, 15) is 8.78 Å². The van der Waals surface area contributed by atoms with Crippen LogP contribution in [0.5, 0.6) is 0 Å². The molecule has 0 bridgehead atoms. The van der Waals surface area contributed by atoms with Gasteiger partial charge in [-0.3, -0.25) is 0 Å². The molecule has 3 unspecified atom stereocenters. The summed E-state index contributed by atoms with van der Waals surface area (Å²) in [6.07, 6.45) is 3.12. The monoisotopic (exact) mass is 298 g/mol. The highest BCUT2D eigenvalue weighted by molar-refractivity contribution is 6.20. The van der Waals surface area contributed by atoms with Crippen LogP contribution >= 0.6 is 11.6 Å². The van der Waals surface area contributed by atoms with Crippen molar-refractivity contribution in [3.05, 3.63) is 29.6 Å². The molecular weight excluding hydrogens is 282 g/mol. The van der Waals surface area contributed by atoms with Gasteiger partial charge in [-0.05, 0) is 38.2 Å². The lowest BCUT2D eigenvalue weighted by Crippen LogP contribution is -2.10. The maximum atomic E-state index is 13.9. The minimum Gasteiger partial charge on any atom is -0.323 e. The van der Waals surface area contributed by atoms with Gasteiger partial charge >= 0.3 is 0 Å². The first-order valence-corrected chi connectivity index (χ1v) is 7.42. The van der Waals surface area contributed by atoms with Crippen molar-refractivity contribution in [3.63, 3.8) is 0 Å². The number of fused-ring (bicyclic) bond motifs is 1. The molecule has 108 valence electrons. The lowest BCUT2D eigenvalue weighted by molar-refractivity contribution is 0.487. The molecule has 1 fully saturated rings. The van der Waals surface area contributed by atoms with Gasteiger partial charge in [-0.25, -0.2) is 13.8 Å². The number of nitrogens with zero attached hydrogens (tertiary/aromatic N) is 2. The van der Waals surface area contributed by atoms with Crippen molar-refractivity contribution in [3.8, 4) is 0 Å². The van der Waals surface area contributed by atoms with Crippen LogP contribution in [0.3, 0.4) is 0 Å². The lowest BCUT2D eigenvalue weighted by atomic mass is 10.1. The molecule has 0 saturated heterocycles. The summed E-state index contributed by atoms with van der Waals surface area (Å²) in [7, 11) is 0. The van der Waals surface area contributed by atoms with Gasteiger partial charge in [-0.2, -0.15) is 0 Å². The van der Waals surface area contributed by atoms with Gasteiger partial charge < -0.3 is 4.57 Å². The normalized spacial score (nSPS) is 24.4. The number of alkyl halides is 1. The number of hydrogen-bond acceptors (Lipinski definition) is 1. The maximum Gasteiger partial charge on any atom is 0.153 e. The van der Waals surface area contributed by atoms with Gasteiger partial charge in [0.15, 0.2) is 5.82 Å². The molecule has 0 N–H and O–H groups in total. The number of aromatic nitrogens is 2. The van der Waals surface area contributed by atoms with Gasteiger partial charge in [0, 0.05) is 12.1 Å². The molecule has 1 aromatic heterocycles. The van der Waals surface area contributed by atoms with E-state index >= 15 is 0 Å². The zero-order chi connectivity index (χ0) is 14.4. The van der Waals surface area contributed by atoms with E-state index in [0.717, 1.165) is 25.3 Å². The molecule has 1 heterocycles. The van der Waals surface area contributed by atoms with Crippen LogP contribution in [-0.4, -0.2) is 9.55 Å². The molecule has 2 nitrogen and oxygen atoms in total. The van der Waals surface area contributed by atoms with Gasteiger partial charge in [0.2, 0.25) is 0 Å². The topological polar surface area (TPSA) is 17.8 Å². The third-order valence-corrected chi connectivity index (χ3v) is 4.32. The Morgan fingerprint density at radius 3 is 2.70 bits per heavy atom. The highest BCUT2D eigenvalue weighted by atomic mass is 35.5. The Morgan fingerprint density at radius 2 is 2.10 bits per heavy atom. The van der Waals surface area contributed by atoms with Crippen molar-refractivity contribution < 1.29 is 8.78 Å². The SMILES string of the molecule is CC1CCC(n2c(C(C)Cl)nc3c(F)cc(F)cc32)C1. The Labute approximate surface area is 121 Å². The van der Waals surface area contributed by atoms with Crippen LogP contribution in [0.2, 0.25) is 0 Å². The first kappa shape index (κ1) is 13.8. The summed E-state index contributed by atoms with van der Waals surface area (Å²) in [6.45, 7) is 4.01. The Bertz CT molecular complexity index is 651. The fraction of sp³-hybridized carbons (Fsp3) is 0.533. The molecule has 1 aromatic carbocycles. The summed E-state index contributed by atoms with van der Waals surface area (Å²) >= 11 is 6.19. The second kappa shape index (κ2) is 4.99. The van der Waals surface area contributed by atoms with Gasteiger partial charge in [-0.1, -0.05) is 6.92 Å². The molecule has 3 atom stereocenters. The summed E-state index contributed by atoms with van der Waals surface area (Å²) in [5.41, 5.74) is 0.734. The van der Waals surface area contributed by atoms with Crippen LogP contribution in [0, 0.1) is 17.6 Å². The zero-order valence-electron chi connectivity index (χ0n) is 11.5. The van der Waals surface area contributed by atoms with Gasteiger partial charge in [0.1, 0.15) is 17.2 Å². The first-order valence-electron chi connectivity index (χ1n) is 6.98. The van der Waals surface area contributed by atoms with E-state index in [0.29, 0.717) is 17.3 Å². The van der Waals surface area contributed by atoms with Crippen molar-refractivity contribution >= 4 is 22.6 Å². The molecule has 0 radical (unpaired) electrons. The predicted octanol–water partition coefficient (Wildman–Crippen LogP) is 4.98. The second-order valence-electron chi connectivity index (χ2n) is 5.78. The van der Waals surface area contributed by atoms with Crippen molar-refractivity contribution in [2.75, 3.05) is 0 Å². The molecule has 3 rings (SSSR count). The molecule has 1 aliphatic rings. The van der Waals surface area contributed by atoms with E-state index < -0.39 is 11.6 Å². The minimum atomic E-state index is -0.622. The average Bonchev–Trinajstić information content (AvgIpc) is 2.92. The van der Waals surface area contributed by atoms with E-state index in [1.54, 1.807) is 0 Å². The Balaban J connectivity index is 2.23. The van der Waals surface area contributed by atoms with Crippen molar-refractivity contribution in [2.24, 2.45) is 5.92 Å². The highest BCUT2D eigenvalue weighted by Gasteiger charge is 2.28. The van der Waals surface area contributed by atoms with Crippen molar-refractivity contribution in [2.45, 2.75) is 44.5 Å². The molecule has 0 aliphatic heterocycles. The third-order valence-electron chi connectivity index (χ3n) is 4.13. The molecule has 2 aromatic rings. The Hall–Kier alpha value is -1.16.